The summed E-state index contributed by atoms with van der Waals surface area (Å²) in [6.45, 7) is 2.77. The van der Waals surface area contributed by atoms with Crippen molar-refractivity contribution in [3.63, 3.8) is 0 Å². The van der Waals surface area contributed by atoms with Crippen LogP contribution in [0.3, 0.4) is 0 Å². The van der Waals surface area contributed by atoms with E-state index in [4.69, 9.17) is 9.47 Å². The van der Waals surface area contributed by atoms with Crippen molar-refractivity contribution in [3.8, 4) is 5.88 Å². The lowest BCUT2D eigenvalue weighted by atomic mass is 10.1. The van der Waals surface area contributed by atoms with E-state index in [-0.39, 0.29) is 17.8 Å². The molecule has 1 aliphatic rings. The summed E-state index contributed by atoms with van der Waals surface area (Å²) in [5.74, 6) is 0.196. The molecular formula is C18H18N2O4. The number of carbonyl (C=O) groups excluding carboxylic acids is 2. The van der Waals surface area contributed by atoms with E-state index in [1.807, 2.05) is 0 Å². The number of benzene rings is 1. The van der Waals surface area contributed by atoms with E-state index < -0.39 is 0 Å². The first-order chi connectivity index (χ1) is 11.6. The van der Waals surface area contributed by atoms with Crippen LogP contribution in [-0.2, 0) is 4.74 Å². The molecule has 6 nitrogen and oxygen atoms in total. The second-order valence-electron chi connectivity index (χ2n) is 5.58. The second-order valence-corrected chi connectivity index (χ2v) is 5.58. The first-order valence-corrected chi connectivity index (χ1v) is 7.74. The minimum atomic E-state index is -0.270. The van der Waals surface area contributed by atoms with Crippen LogP contribution < -0.4 is 10.1 Å². The van der Waals surface area contributed by atoms with Gasteiger partial charge in [-0.3, -0.25) is 9.59 Å². The molecule has 1 unspecified atom stereocenters. The molecule has 0 saturated carbocycles. The first kappa shape index (κ1) is 16.1. The number of ether oxygens (including phenoxy) is 2. The molecule has 1 amide bonds. The summed E-state index contributed by atoms with van der Waals surface area (Å²) in [4.78, 5) is 27.6. The largest absolute Gasteiger partial charge is 0.472 e. The molecule has 1 aromatic carbocycles. The number of anilines is 1. The SMILES string of the molecule is CC(=O)c1ccc(NC(=O)c2ccc(OC3CCOC3)nc2)cc1. The maximum atomic E-state index is 12.2. The van der Waals surface area contributed by atoms with Crippen LogP contribution in [0.15, 0.2) is 42.6 Å². The summed E-state index contributed by atoms with van der Waals surface area (Å²) in [7, 11) is 0. The molecule has 1 aromatic heterocycles. The van der Waals surface area contributed by atoms with E-state index in [0.29, 0.717) is 35.9 Å². The van der Waals surface area contributed by atoms with Gasteiger partial charge in [-0.1, -0.05) is 0 Å². The predicted octanol–water partition coefficient (Wildman–Crippen LogP) is 2.70. The van der Waals surface area contributed by atoms with Gasteiger partial charge in [-0.15, -0.1) is 0 Å². The number of Topliss-reactive ketones (excluding diaryl/α,β-unsaturated/α-hetero) is 1. The molecule has 0 radical (unpaired) electrons. The molecule has 0 bridgehead atoms. The number of amides is 1. The van der Waals surface area contributed by atoms with E-state index in [9.17, 15) is 9.59 Å². The van der Waals surface area contributed by atoms with E-state index in [0.717, 1.165) is 6.42 Å². The Bertz CT molecular complexity index is 720. The van der Waals surface area contributed by atoms with Gasteiger partial charge in [0, 0.05) is 29.9 Å². The lowest BCUT2D eigenvalue weighted by molar-refractivity contribution is 0.101. The fourth-order valence-corrected chi connectivity index (χ4v) is 2.35. The van der Waals surface area contributed by atoms with Crippen LogP contribution in [0.4, 0.5) is 5.69 Å². The number of hydrogen-bond acceptors (Lipinski definition) is 5. The third-order valence-electron chi connectivity index (χ3n) is 3.72. The van der Waals surface area contributed by atoms with Gasteiger partial charge in [0.15, 0.2) is 5.78 Å². The quantitative estimate of drug-likeness (QED) is 0.855. The summed E-state index contributed by atoms with van der Waals surface area (Å²) >= 11 is 0. The first-order valence-electron chi connectivity index (χ1n) is 7.74. The van der Waals surface area contributed by atoms with E-state index in [1.54, 1.807) is 36.4 Å². The molecule has 2 heterocycles. The number of hydrogen-bond donors (Lipinski definition) is 1. The Kier molecular flexibility index (Phi) is 4.86. The Morgan fingerprint density at radius 2 is 1.92 bits per heavy atom. The van der Waals surface area contributed by atoms with Crippen molar-refractivity contribution in [2.75, 3.05) is 18.5 Å². The van der Waals surface area contributed by atoms with Gasteiger partial charge in [-0.2, -0.15) is 0 Å². The fourth-order valence-electron chi connectivity index (χ4n) is 2.35. The van der Waals surface area contributed by atoms with Crippen LogP contribution in [0.5, 0.6) is 5.88 Å². The standard InChI is InChI=1S/C18H18N2O4/c1-12(21)13-2-5-15(6-3-13)20-18(22)14-4-7-17(19-10-14)24-16-8-9-23-11-16/h2-7,10,16H,8-9,11H2,1H3,(H,20,22). The number of ketones is 1. The highest BCUT2D eigenvalue weighted by Crippen LogP contribution is 2.16. The number of aromatic nitrogens is 1. The Labute approximate surface area is 139 Å². The highest BCUT2D eigenvalue weighted by Gasteiger charge is 2.17. The molecule has 1 saturated heterocycles. The van der Waals surface area contributed by atoms with Crippen LogP contribution in [0.1, 0.15) is 34.1 Å². The van der Waals surface area contributed by atoms with Gasteiger partial charge in [0.1, 0.15) is 6.10 Å². The number of rotatable bonds is 5. The zero-order valence-corrected chi connectivity index (χ0v) is 13.3. The predicted molar refractivity (Wildman–Crippen MR) is 88.5 cm³/mol. The Morgan fingerprint density at radius 1 is 1.17 bits per heavy atom. The molecule has 124 valence electrons. The van der Waals surface area contributed by atoms with Gasteiger partial charge >= 0.3 is 0 Å². The number of nitrogens with one attached hydrogen (secondary N) is 1. The second kappa shape index (κ2) is 7.23. The molecule has 1 aliphatic heterocycles. The number of pyridine rings is 1. The lowest BCUT2D eigenvalue weighted by Crippen LogP contribution is -2.17. The Morgan fingerprint density at radius 3 is 2.50 bits per heavy atom. The van der Waals surface area contributed by atoms with Crippen molar-refractivity contribution in [2.45, 2.75) is 19.4 Å². The Balaban J connectivity index is 1.60. The van der Waals surface area contributed by atoms with E-state index >= 15 is 0 Å². The zero-order chi connectivity index (χ0) is 16.9. The van der Waals surface area contributed by atoms with Gasteiger partial charge in [-0.25, -0.2) is 4.98 Å². The van der Waals surface area contributed by atoms with Crippen LogP contribution in [0, 0.1) is 0 Å². The van der Waals surface area contributed by atoms with Crippen LogP contribution in [0.2, 0.25) is 0 Å². The van der Waals surface area contributed by atoms with Crippen molar-refractivity contribution >= 4 is 17.4 Å². The van der Waals surface area contributed by atoms with Crippen LogP contribution in [0.25, 0.3) is 0 Å². The van der Waals surface area contributed by atoms with Gasteiger partial charge in [0.25, 0.3) is 5.91 Å². The minimum absolute atomic E-state index is 0.0136. The minimum Gasteiger partial charge on any atom is -0.472 e. The summed E-state index contributed by atoms with van der Waals surface area (Å²) in [6.07, 6.45) is 2.35. The van der Waals surface area contributed by atoms with Gasteiger partial charge < -0.3 is 14.8 Å². The average molecular weight is 326 g/mol. The van der Waals surface area contributed by atoms with Crippen LogP contribution in [-0.4, -0.2) is 36.0 Å². The van der Waals surface area contributed by atoms with E-state index in [2.05, 4.69) is 10.3 Å². The molecule has 1 atom stereocenters. The fraction of sp³-hybridized carbons (Fsp3) is 0.278. The smallest absolute Gasteiger partial charge is 0.257 e. The van der Waals surface area contributed by atoms with Crippen molar-refractivity contribution in [1.29, 1.82) is 0 Å². The molecular weight excluding hydrogens is 308 g/mol. The topological polar surface area (TPSA) is 77.5 Å². The van der Waals surface area contributed by atoms with Crippen molar-refractivity contribution < 1.29 is 19.1 Å². The molecule has 24 heavy (non-hydrogen) atoms. The lowest BCUT2D eigenvalue weighted by Gasteiger charge is -2.11. The van der Waals surface area contributed by atoms with E-state index in [1.165, 1.54) is 13.1 Å². The summed E-state index contributed by atoms with van der Waals surface area (Å²) in [5.41, 5.74) is 1.65. The number of carbonyl (C=O) groups is 2. The molecule has 2 aromatic rings. The molecule has 6 heteroatoms. The van der Waals surface area contributed by atoms with Gasteiger partial charge in [0.05, 0.1) is 18.8 Å². The third kappa shape index (κ3) is 3.97. The number of nitrogens with zero attached hydrogens (tertiary/aromatic N) is 1. The van der Waals surface area contributed by atoms with Crippen molar-refractivity contribution in [3.05, 3.63) is 53.7 Å². The summed E-state index contributed by atoms with van der Waals surface area (Å²) in [5, 5.41) is 2.77. The normalized spacial score (nSPS) is 16.6. The zero-order valence-electron chi connectivity index (χ0n) is 13.3. The van der Waals surface area contributed by atoms with Gasteiger partial charge in [0.2, 0.25) is 5.88 Å². The molecule has 3 rings (SSSR count). The maximum Gasteiger partial charge on any atom is 0.257 e. The molecule has 1 N–H and O–H groups in total. The maximum absolute atomic E-state index is 12.2. The van der Waals surface area contributed by atoms with Crippen molar-refractivity contribution in [2.24, 2.45) is 0 Å². The third-order valence-corrected chi connectivity index (χ3v) is 3.72. The summed E-state index contributed by atoms with van der Waals surface area (Å²) < 4.78 is 10.9. The average Bonchev–Trinajstić information content (AvgIpc) is 3.09. The molecule has 0 spiro atoms. The van der Waals surface area contributed by atoms with Gasteiger partial charge in [-0.05, 0) is 37.3 Å². The highest BCUT2D eigenvalue weighted by molar-refractivity contribution is 6.04. The summed E-state index contributed by atoms with van der Waals surface area (Å²) in [6, 6.07) is 10.1. The highest BCUT2D eigenvalue weighted by atomic mass is 16.5. The molecule has 0 aliphatic carbocycles. The monoisotopic (exact) mass is 326 g/mol. The Hall–Kier alpha value is -2.73. The molecule has 1 fully saturated rings. The van der Waals surface area contributed by atoms with Crippen LogP contribution >= 0.6 is 0 Å². The van der Waals surface area contributed by atoms with Crippen molar-refractivity contribution in [1.82, 2.24) is 4.98 Å².